The molecule has 0 spiro atoms. The van der Waals surface area contributed by atoms with Gasteiger partial charge in [-0.2, -0.15) is 8.78 Å². The first-order valence-corrected chi connectivity index (χ1v) is 7.98. The highest BCUT2D eigenvalue weighted by Gasteiger charge is 2.25. The number of anilines is 1. The molecule has 0 aliphatic heterocycles. The first-order chi connectivity index (χ1) is 8.45. The van der Waals surface area contributed by atoms with Gasteiger partial charge in [0.2, 0.25) is 10.0 Å². The van der Waals surface area contributed by atoms with Crippen LogP contribution in [0, 0.1) is 13.8 Å². The van der Waals surface area contributed by atoms with Crippen LogP contribution in [-0.2, 0) is 20.0 Å². The van der Waals surface area contributed by atoms with Gasteiger partial charge in [0.1, 0.15) is 0 Å². The van der Waals surface area contributed by atoms with E-state index < -0.39 is 25.8 Å². The molecule has 3 N–H and O–H groups in total. The van der Waals surface area contributed by atoms with E-state index in [4.69, 9.17) is 5.14 Å². The van der Waals surface area contributed by atoms with Gasteiger partial charge < -0.3 is 0 Å². The first kappa shape index (κ1) is 15.8. The monoisotopic (exact) mass is 314 g/mol. The van der Waals surface area contributed by atoms with Crippen molar-refractivity contribution in [3.63, 3.8) is 0 Å². The molecule has 1 aromatic rings. The number of rotatable bonds is 4. The van der Waals surface area contributed by atoms with Gasteiger partial charge in [-0.15, -0.1) is 0 Å². The summed E-state index contributed by atoms with van der Waals surface area (Å²) >= 11 is 0. The van der Waals surface area contributed by atoms with Gasteiger partial charge in [-0.05, 0) is 37.1 Å². The van der Waals surface area contributed by atoms with Crippen molar-refractivity contribution in [2.75, 3.05) is 4.72 Å². The van der Waals surface area contributed by atoms with Crippen molar-refractivity contribution in [1.29, 1.82) is 0 Å². The Morgan fingerprint density at radius 1 is 1.11 bits per heavy atom. The Balaban J connectivity index is 3.35. The van der Waals surface area contributed by atoms with E-state index in [1.54, 1.807) is 4.72 Å². The molecule has 0 aliphatic carbocycles. The lowest BCUT2D eigenvalue weighted by molar-refractivity contribution is 0.236. The van der Waals surface area contributed by atoms with Crippen LogP contribution < -0.4 is 9.86 Å². The highest BCUT2D eigenvalue weighted by molar-refractivity contribution is 7.93. The van der Waals surface area contributed by atoms with Gasteiger partial charge in [0, 0.05) is 0 Å². The van der Waals surface area contributed by atoms with Gasteiger partial charge in [0.15, 0.2) is 0 Å². The average Bonchev–Trinajstić information content (AvgIpc) is 2.21. The molecule has 1 aromatic carbocycles. The molecule has 0 saturated heterocycles. The van der Waals surface area contributed by atoms with Crippen molar-refractivity contribution in [1.82, 2.24) is 0 Å². The summed E-state index contributed by atoms with van der Waals surface area (Å²) < 4.78 is 70.7. The van der Waals surface area contributed by atoms with Crippen LogP contribution in [0.15, 0.2) is 17.0 Å². The van der Waals surface area contributed by atoms with E-state index in [0.717, 1.165) is 12.1 Å². The molecule has 0 fully saturated rings. The van der Waals surface area contributed by atoms with E-state index in [1.165, 1.54) is 13.8 Å². The van der Waals surface area contributed by atoms with Crippen LogP contribution in [0.5, 0.6) is 0 Å². The fraction of sp³-hybridized carbons (Fsp3) is 0.333. The zero-order valence-corrected chi connectivity index (χ0v) is 11.6. The van der Waals surface area contributed by atoms with E-state index in [0.29, 0.717) is 0 Å². The van der Waals surface area contributed by atoms with Gasteiger partial charge in [0.05, 0.1) is 10.6 Å². The van der Waals surface area contributed by atoms with E-state index in [1.807, 2.05) is 0 Å². The Morgan fingerprint density at radius 3 is 1.84 bits per heavy atom. The zero-order chi connectivity index (χ0) is 15.0. The number of primary sulfonamides is 1. The van der Waals surface area contributed by atoms with Crippen LogP contribution in [0.2, 0.25) is 0 Å². The Kier molecular flexibility index (Phi) is 4.17. The highest BCUT2D eigenvalue weighted by atomic mass is 32.2. The third kappa shape index (κ3) is 3.61. The summed E-state index contributed by atoms with van der Waals surface area (Å²) in [5.41, 5.74) is 0.259. The minimum Gasteiger partial charge on any atom is -0.278 e. The Bertz CT molecular complexity index is 676. The second-order valence-electron chi connectivity index (χ2n) is 3.88. The maximum Gasteiger partial charge on any atom is 0.355 e. The first-order valence-electron chi connectivity index (χ1n) is 4.89. The molecule has 6 nitrogen and oxygen atoms in total. The molecule has 0 heterocycles. The zero-order valence-electron chi connectivity index (χ0n) is 10.0. The van der Waals surface area contributed by atoms with Crippen LogP contribution in [0.3, 0.4) is 0 Å². The summed E-state index contributed by atoms with van der Waals surface area (Å²) in [7, 11) is -8.76. The summed E-state index contributed by atoms with van der Waals surface area (Å²) in [5.74, 6) is -3.58. The number of halogens is 2. The summed E-state index contributed by atoms with van der Waals surface area (Å²) in [4.78, 5) is -0.220. The minimum absolute atomic E-state index is 0.0901. The van der Waals surface area contributed by atoms with Crippen molar-refractivity contribution >= 4 is 25.7 Å². The van der Waals surface area contributed by atoms with Crippen molar-refractivity contribution in [3.05, 3.63) is 23.3 Å². The van der Waals surface area contributed by atoms with E-state index in [-0.39, 0.29) is 21.7 Å². The molecule has 0 aromatic heterocycles. The summed E-state index contributed by atoms with van der Waals surface area (Å²) in [6.45, 7) is 2.76. The molecule has 108 valence electrons. The van der Waals surface area contributed by atoms with Gasteiger partial charge in [-0.25, -0.2) is 22.0 Å². The topological polar surface area (TPSA) is 106 Å². The summed E-state index contributed by atoms with van der Waals surface area (Å²) in [6, 6.07) is 2.21. The van der Waals surface area contributed by atoms with Crippen LogP contribution in [-0.4, -0.2) is 22.6 Å². The quantitative estimate of drug-likeness (QED) is 0.861. The fourth-order valence-corrected chi connectivity index (χ4v) is 2.81. The molecule has 10 heteroatoms. The molecule has 0 bridgehead atoms. The highest BCUT2D eigenvalue weighted by Crippen LogP contribution is 2.26. The Hall–Kier alpha value is -1.26. The third-order valence-corrected chi connectivity index (χ3v) is 4.16. The van der Waals surface area contributed by atoms with Crippen LogP contribution in [0.1, 0.15) is 11.1 Å². The molecule has 0 unspecified atom stereocenters. The Morgan fingerprint density at radius 2 is 1.53 bits per heavy atom. The molecular formula is C9H12F2N2O4S2. The molecule has 0 atom stereocenters. The SMILES string of the molecule is Cc1cc(S(N)(=O)=O)cc(C)c1NS(=O)(=O)C(F)F. The summed E-state index contributed by atoms with van der Waals surface area (Å²) in [5, 5.41) is 4.93. The molecule has 0 radical (unpaired) electrons. The van der Waals surface area contributed by atoms with Crippen molar-refractivity contribution < 1.29 is 25.6 Å². The predicted molar refractivity (Wildman–Crippen MR) is 65.8 cm³/mol. The van der Waals surface area contributed by atoms with Gasteiger partial charge in [-0.1, -0.05) is 0 Å². The lowest BCUT2D eigenvalue weighted by Crippen LogP contribution is -2.22. The second-order valence-corrected chi connectivity index (χ2v) is 7.10. The lowest BCUT2D eigenvalue weighted by atomic mass is 10.1. The molecule has 0 amide bonds. The average molecular weight is 314 g/mol. The van der Waals surface area contributed by atoms with E-state index >= 15 is 0 Å². The van der Waals surface area contributed by atoms with Crippen molar-refractivity contribution in [2.45, 2.75) is 24.5 Å². The normalized spacial score (nSPS) is 12.7. The molecular weight excluding hydrogens is 302 g/mol. The Labute approximate surface area is 109 Å². The van der Waals surface area contributed by atoms with E-state index in [9.17, 15) is 25.6 Å². The van der Waals surface area contributed by atoms with Gasteiger partial charge >= 0.3 is 5.76 Å². The van der Waals surface area contributed by atoms with E-state index in [2.05, 4.69) is 0 Å². The molecule has 1 rings (SSSR count). The largest absolute Gasteiger partial charge is 0.355 e. The fourth-order valence-electron chi connectivity index (χ4n) is 1.44. The molecule has 0 saturated carbocycles. The standard InChI is InChI=1S/C9H12F2N2O4S2/c1-5-3-7(18(12,14)15)4-6(2)8(5)13-19(16,17)9(10)11/h3-4,9,13H,1-2H3,(H2,12,14,15). The van der Waals surface area contributed by atoms with Gasteiger partial charge in [0.25, 0.3) is 10.0 Å². The van der Waals surface area contributed by atoms with Gasteiger partial charge in [-0.3, -0.25) is 4.72 Å². The lowest BCUT2D eigenvalue weighted by Gasteiger charge is -2.14. The maximum absolute atomic E-state index is 12.3. The predicted octanol–water partition coefficient (Wildman–Crippen LogP) is 0.915. The minimum atomic E-state index is -4.81. The molecule has 0 aliphatic rings. The third-order valence-electron chi connectivity index (χ3n) is 2.31. The number of hydrogen-bond donors (Lipinski definition) is 2. The number of aryl methyl sites for hydroxylation is 2. The van der Waals surface area contributed by atoms with Crippen LogP contribution in [0.4, 0.5) is 14.5 Å². The number of hydrogen-bond acceptors (Lipinski definition) is 4. The van der Waals surface area contributed by atoms with Crippen molar-refractivity contribution in [3.8, 4) is 0 Å². The molecule has 19 heavy (non-hydrogen) atoms. The smallest absolute Gasteiger partial charge is 0.278 e. The number of nitrogens with one attached hydrogen (secondary N) is 1. The summed E-state index contributed by atoms with van der Waals surface area (Å²) in [6.07, 6.45) is 0. The second kappa shape index (κ2) is 5.02. The number of nitrogens with two attached hydrogens (primary N) is 1. The number of sulfonamides is 2. The van der Waals surface area contributed by atoms with Crippen molar-refractivity contribution in [2.24, 2.45) is 5.14 Å². The maximum atomic E-state index is 12.3. The van der Waals surface area contributed by atoms with Crippen LogP contribution in [0.25, 0.3) is 0 Å². The number of alkyl halides is 2. The number of benzene rings is 1. The van der Waals surface area contributed by atoms with Crippen LogP contribution >= 0.6 is 0 Å².